The maximum Gasteiger partial charge on any atom is 0.241 e. The zero-order chi connectivity index (χ0) is 16.8. The molecule has 124 valence electrons. The van der Waals surface area contributed by atoms with Crippen LogP contribution in [0.25, 0.3) is 10.8 Å². The molecule has 1 aromatic heterocycles. The molecule has 3 rings (SSSR count). The SMILES string of the molecule is O=S(=O)(NCCNCc1ccccc1)c1cccc2cnccc12. The number of pyridine rings is 1. The molecule has 3 aromatic rings. The van der Waals surface area contributed by atoms with Crippen LogP contribution in [0.2, 0.25) is 0 Å². The van der Waals surface area contributed by atoms with Gasteiger partial charge in [-0.3, -0.25) is 4.98 Å². The summed E-state index contributed by atoms with van der Waals surface area (Å²) in [7, 11) is -3.55. The van der Waals surface area contributed by atoms with Gasteiger partial charge in [0, 0.05) is 42.8 Å². The van der Waals surface area contributed by atoms with E-state index in [9.17, 15) is 8.42 Å². The first-order chi connectivity index (χ1) is 11.7. The van der Waals surface area contributed by atoms with E-state index in [0.717, 1.165) is 5.39 Å². The van der Waals surface area contributed by atoms with E-state index < -0.39 is 10.0 Å². The van der Waals surface area contributed by atoms with Gasteiger partial charge in [-0.05, 0) is 17.7 Å². The molecule has 0 saturated carbocycles. The van der Waals surface area contributed by atoms with E-state index in [4.69, 9.17) is 0 Å². The molecule has 0 aliphatic carbocycles. The Hall–Kier alpha value is -2.28. The van der Waals surface area contributed by atoms with Gasteiger partial charge in [0.05, 0.1) is 4.90 Å². The maximum atomic E-state index is 12.5. The number of aromatic nitrogens is 1. The molecule has 0 aliphatic heterocycles. The fraction of sp³-hybridized carbons (Fsp3) is 0.167. The smallest absolute Gasteiger partial charge is 0.241 e. The number of nitrogens with zero attached hydrogens (tertiary/aromatic N) is 1. The molecule has 0 amide bonds. The van der Waals surface area contributed by atoms with Crippen LogP contribution in [-0.4, -0.2) is 26.5 Å². The molecule has 6 heteroatoms. The predicted octanol–water partition coefficient (Wildman–Crippen LogP) is 2.30. The molecule has 2 N–H and O–H groups in total. The lowest BCUT2D eigenvalue weighted by atomic mass is 10.2. The monoisotopic (exact) mass is 341 g/mol. The van der Waals surface area contributed by atoms with Crippen LogP contribution < -0.4 is 10.0 Å². The van der Waals surface area contributed by atoms with Crippen molar-refractivity contribution in [2.45, 2.75) is 11.4 Å². The first kappa shape index (κ1) is 16.6. The molecular weight excluding hydrogens is 322 g/mol. The predicted molar refractivity (Wildman–Crippen MR) is 95.1 cm³/mol. The molecule has 2 aromatic carbocycles. The number of benzene rings is 2. The molecule has 0 radical (unpaired) electrons. The molecule has 0 fully saturated rings. The van der Waals surface area contributed by atoms with Gasteiger partial charge in [-0.25, -0.2) is 13.1 Å². The van der Waals surface area contributed by atoms with Crippen molar-refractivity contribution in [2.24, 2.45) is 0 Å². The molecule has 0 bridgehead atoms. The summed E-state index contributed by atoms with van der Waals surface area (Å²) in [5.41, 5.74) is 1.17. The summed E-state index contributed by atoms with van der Waals surface area (Å²) in [6.45, 7) is 1.60. The van der Waals surface area contributed by atoms with Crippen molar-refractivity contribution in [3.63, 3.8) is 0 Å². The summed E-state index contributed by atoms with van der Waals surface area (Å²) < 4.78 is 27.7. The first-order valence-corrected chi connectivity index (χ1v) is 9.22. The topological polar surface area (TPSA) is 71.1 Å². The van der Waals surface area contributed by atoms with Crippen molar-refractivity contribution in [1.29, 1.82) is 0 Å². The number of hydrogen-bond acceptors (Lipinski definition) is 4. The minimum atomic E-state index is -3.55. The molecule has 1 heterocycles. The van der Waals surface area contributed by atoms with Crippen molar-refractivity contribution < 1.29 is 8.42 Å². The highest BCUT2D eigenvalue weighted by atomic mass is 32.2. The van der Waals surface area contributed by atoms with Crippen molar-refractivity contribution >= 4 is 20.8 Å². The van der Waals surface area contributed by atoms with Gasteiger partial charge in [0.15, 0.2) is 0 Å². The van der Waals surface area contributed by atoms with Crippen molar-refractivity contribution in [1.82, 2.24) is 15.0 Å². The van der Waals surface area contributed by atoms with Crippen LogP contribution in [0.4, 0.5) is 0 Å². The summed E-state index contributed by atoms with van der Waals surface area (Å²) in [5, 5.41) is 4.71. The maximum absolute atomic E-state index is 12.5. The third-order valence-corrected chi connectivity index (χ3v) is 5.22. The lowest BCUT2D eigenvalue weighted by molar-refractivity contribution is 0.577. The van der Waals surface area contributed by atoms with Crippen molar-refractivity contribution in [2.75, 3.05) is 13.1 Å². The molecule has 24 heavy (non-hydrogen) atoms. The quantitative estimate of drug-likeness (QED) is 0.647. The highest BCUT2D eigenvalue weighted by Crippen LogP contribution is 2.21. The third kappa shape index (κ3) is 3.97. The summed E-state index contributed by atoms with van der Waals surface area (Å²) in [6, 6.07) is 16.9. The normalized spacial score (nSPS) is 11.7. The van der Waals surface area contributed by atoms with Crippen LogP contribution in [0, 0.1) is 0 Å². The number of nitrogens with one attached hydrogen (secondary N) is 2. The molecule has 0 atom stereocenters. The van der Waals surface area contributed by atoms with Crippen LogP contribution in [0.3, 0.4) is 0 Å². The van der Waals surface area contributed by atoms with Gasteiger partial charge in [0.1, 0.15) is 0 Å². The minimum Gasteiger partial charge on any atom is -0.311 e. The van der Waals surface area contributed by atoms with E-state index in [2.05, 4.69) is 15.0 Å². The first-order valence-electron chi connectivity index (χ1n) is 7.74. The van der Waals surface area contributed by atoms with E-state index in [-0.39, 0.29) is 4.90 Å². The molecule has 0 aliphatic rings. The molecular formula is C18H19N3O2S. The van der Waals surface area contributed by atoms with Gasteiger partial charge in [0.25, 0.3) is 0 Å². The van der Waals surface area contributed by atoms with Gasteiger partial charge in [-0.2, -0.15) is 0 Å². The number of rotatable bonds is 7. The van der Waals surface area contributed by atoms with Crippen molar-refractivity contribution in [3.8, 4) is 0 Å². The second-order valence-electron chi connectivity index (χ2n) is 5.41. The lowest BCUT2D eigenvalue weighted by Gasteiger charge is -2.10. The molecule has 0 unspecified atom stereocenters. The van der Waals surface area contributed by atoms with Crippen LogP contribution in [0.1, 0.15) is 5.56 Å². The number of sulfonamides is 1. The summed E-state index contributed by atoms with van der Waals surface area (Å²) in [5.74, 6) is 0. The highest BCUT2D eigenvalue weighted by molar-refractivity contribution is 7.89. The van der Waals surface area contributed by atoms with Crippen LogP contribution in [-0.2, 0) is 16.6 Å². The van der Waals surface area contributed by atoms with Gasteiger partial charge in [0.2, 0.25) is 10.0 Å². The Balaban J connectivity index is 1.60. The van der Waals surface area contributed by atoms with Gasteiger partial charge >= 0.3 is 0 Å². The zero-order valence-corrected chi connectivity index (χ0v) is 14.0. The molecule has 5 nitrogen and oxygen atoms in total. The number of hydrogen-bond donors (Lipinski definition) is 2. The van der Waals surface area contributed by atoms with Gasteiger partial charge in [-0.15, -0.1) is 0 Å². The summed E-state index contributed by atoms with van der Waals surface area (Å²) in [6.07, 6.45) is 3.26. The minimum absolute atomic E-state index is 0.283. The fourth-order valence-corrected chi connectivity index (χ4v) is 3.77. The number of fused-ring (bicyclic) bond motifs is 1. The second-order valence-corrected chi connectivity index (χ2v) is 7.15. The van der Waals surface area contributed by atoms with Crippen LogP contribution in [0.15, 0.2) is 71.9 Å². The van der Waals surface area contributed by atoms with E-state index >= 15 is 0 Å². The third-order valence-electron chi connectivity index (χ3n) is 3.70. The van der Waals surface area contributed by atoms with Crippen molar-refractivity contribution in [3.05, 3.63) is 72.6 Å². The second kappa shape index (κ2) is 7.53. The van der Waals surface area contributed by atoms with E-state index in [1.165, 1.54) is 5.56 Å². The Morgan fingerprint density at radius 1 is 0.917 bits per heavy atom. The van der Waals surface area contributed by atoms with Crippen LogP contribution >= 0.6 is 0 Å². The van der Waals surface area contributed by atoms with Gasteiger partial charge < -0.3 is 5.32 Å². The van der Waals surface area contributed by atoms with E-state index in [0.29, 0.717) is 25.0 Å². The average molecular weight is 341 g/mol. The summed E-state index contributed by atoms with van der Waals surface area (Å²) in [4.78, 5) is 4.31. The Bertz CT molecular complexity index is 906. The summed E-state index contributed by atoms with van der Waals surface area (Å²) >= 11 is 0. The Morgan fingerprint density at radius 3 is 2.58 bits per heavy atom. The van der Waals surface area contributed by atoms with E-state index in [1.54, 1.807) is 30.6 Å². The fourth-order valence-electron chi connectivity index (χ4n) is 2.51. The largest absolute Gasteiger partial charge is 0.311 e. The Morgan fingerprint density at radius 2 is 1.75 bits per heavy atom. The average Bonchev–Trinajstić information content (AvgIpc) is 2.62. The standard InChI is InChI=1S/C18H19N3O2S/c22-24(23,18-8-4-7-16-14-19-10-9-17(16)18)21-12-11-20-13-15-5-2-1-3-6-15/h1-10,14,20-21H,11-13H2. The zero-order valence-electron chi connectivity index (χ0n) is 13.1. The molecule has 0 spiro atoms. The highest BCUT2D eigenvalue weighted by Gasteiger charge is 2.16. The lowest BCUT2D eigenvalue weighted by Crippen LogP contribution is -2.31. The Labute approximate surface area is 141 Å². The molecule has 0 saturated heterocycles. The van der Waals surface area contributed by atoms with Crippen LogP contribution in [0.5, 0.6) is 0 Å². The van der Waals surface area contributed by atoms with E-state index in [1.807, 2.05) is 36.4 Å². The van der Waals surface area contributed by atoms with Gasteiger partial charge in [-0.1, -0.05) is 42.5 Å². The Kier molecular flexibility index (Phi) is 5.20.